The van der Waals surface area contributed by atoms with E-state index >= 15 is 0 Å². The topological polar surface area (TPSA) is 52.5 Å². The number of pyridine rings is 1. The Morgan fingerprint density at radius 1 is 1.27 bits per heavy atom. The van der Waals surface area contributed by atoms with Gasteiger partial charge in [-0.15, -0.1) is 0 Å². The van der Waals surface area contributed by atoms with E-state index in [1.165, 1.54) is 24.0 Å². The third kappa shape index (κ3) is 7.51. The SMILES string of the molecule is C=N/C(=C\C(=C/CN1CCCC(Nc2cc(C(C)(C)C)ccn2)C1)C(C)(C)C)C1CCNC1. The first kappa shape index (κ1) is 25.6. The first-order valence-electron chi connectivity index (χ1n) is 12.6. The van der Waals surface area contributed by atoms with Gasteiger partial charge in [0, 0.05) is 43.5 Å². The molecule has 33 heavy (non-hydrogen) atoms. The summed E-state index contributed by atoms with van der Waals surface area (Å²) in [6.45, 7) is 22.7. The van der Waals surface area contributed by atoms with Gasteiger partial charge >= 0.3 is 0 Å². The number of nitrogens with one attached hydrogen (secondary N) is 2. The van der Waals surface area contributed by atoms with Crippen molar-refractivity contribution in [3.63, 3.8) is 0 Å². The summed E-state index contributed by atoms with van der Waals surface area (Å²) >= 11 is 0. The second kappa shape index (κ2) is 11.0. The smallest absolute Gasteiger partial charge is 0.126 e. The number of aliphatic imine (C=N–C) groups is 1. The van der Waals surface area contributed by atoms with Crippen molar-refractivity contribution in [3.05, 3.63) is 47.3 Å². The summed E-state index contributed by atoms with van der Waals surface area (Å²) in [7, 11) is 0. The molecule has 2 aliphatic rings. The third-order valence-electron chi connectivity index (χ3n) is 6.88. The molecular weight excluding hydrogens is 406 g/mol. The van der Waals surface area contributed by atoms with Crippen LogP contribution in [0.3, 0.4) is 0 Å². The van der Waals surface area contributed by atoms with E-state index in [1.807, 2.05) is 6.20 Å². The van der Waals surface area contributed by atoms with E-state index in [0.29, 0.717) is 12.0 Å². The Morgan fingerprint density at radius 2 is 2.06 bits per heavy atom. The maximum absolute atomic E-state index is 4.59. The van der Waals surface area contributed by atoms with Crippen molar-refractivity contribution in [3.8, 4) is 0 Å². The highest BCUT2D eigenvalue weighted by Gasteiger charge is 2.24. The van der Waals surface area contributed by atoms with E-state index < -0.39 is 0 Å². The van der Waals surface area contributed by atoms with Crippen LogP contribution in [0.1, 0.15) is 66.4 Å². The first-order valence-corrected chi connectivity index (χ1v) is 12.6. The molecule has 2 saturated heterocycles. The molecule has 3 rings (SSSR count). The number of aromatic nitrogens is 1. The molecule has 5 nitrogen and oxygen atoms in total. The Hall–Kier alpha value is -1.98. The van der Waals surface area contributed by atoms with Crippen LogP contribution in [0, 0.1) is 11.3 Å². The summed E-state index contributed by atoms with van der Waals surface area (Å²) in [5, 5.41) is 7.15. The number of anilines is 1. The number of rotatable bonds is 7. The van der Waals surface area contributed by atoms with Gasteiger partial charge in [-0.1, -0.05) is 47.6 Å². The maximum Gasteiger partial charge on any atom is 0.126 e. The normalized spacial score (nSPS) is 23.6. The zero-order valence-electron chi connectivity index (χ0n) is 21.7. The van der Waals surface area contributed by atoms with E-state index in [1.54, 1.807) is 0 Å². The van der Waals surface area contributed by atoms with Crippen molar-refractivity contribution in [2.24, 2.45) is 16.3 Å². The van der Waals surface area contributed by atoms with Gasteiger partial charge in [0.25, 0.3) is 0 Å². The molecule has 3 heterocycles. The lowest BCUT2D eigenvalue weighted by molar-refractivity contribution is 0.236. The number of allylic oxidation sites excluding steroid dienone is 2. The monoisotopic (exact) mass is 451 g/mol. The molecule has 0 radical (unpaired) electrons. The molecule has 2 N–H and O–H groups in total. The van der Waals surface area contributed by atoms with Crippen LogP contribution in [-0.4, -0.2) is 55.4 Å². The Bertz CT molecular complexity index is 850. The fourth-order valence-corrected chi connectivity index (χ4v) is 4.69. The minimum absolute atomic E-state index is 0.0761. The molecule has 5 heteroatoms. The Balaban J connectivity index is 1.67. The van der Waals surface area contributed by atoms with Crippen molar-refractivity contribution in [1.82, 2.24) is 15.2 Å². The minimum atomic E-state index is 0.0761. The van der Waals surface area contributed by atoms with E-state index in [0.717, 1.165) is 50.7 Å². The fourth-order valence-electron chi connectivity index (χ4n) is 4.69. The van der Waals surface area contributed by atoms with Crippen LogP contribution in [0.5, 0.6) is 0 Å². The summed E-state index contributed by atoms with van der Waals surface area (Å²) in [6, 6.07) is 4.76. The molecule has 1 aromatic heterocycles. The molecule has 2 aliphatic heterocycles. The predicted molar refractivity (Wildman–Crippen MR) is 142 cm³/mol. The summed E-state index contributed by atoms with van der Waals surface area (Å²) < 4.78 is 0. The largest absolute Gasteiger partial charge is 0.366 e. The molecule has 182 valence electrons. The molecule has 0 aromatic carbocycles. The lowest BCUT2D eigenvalue weighted by atomic mass is 9.84. The van der Waals surface area contributed by atoms with Gasteiger partial charge in [0.1, 0.15) is 5.82 Å². The summed E-state index contributed by atoms with van der Waals surface area (Å²) in [5.74, 6) is 1.48. The molecule has 0 saturated carbocycles. The average Bonchev–Trinajstić information content (AvgIpc) is 3.27. The molecule has 0 aliphatic carbocycles. The minimum Gasteiger partial charge on any atom is -0.366 e. The second-order valence-electron chi connectivity index (χ2n) is 11.7. The highest BCUT2D eigenvalue weighted by Crippen LogP contribution is 2.31. The Morgan fingerprint density at radius 3 is 2.70 bits per heavy atom. The number of hydrogen-bond donors (Lipinski definition) is 2. The first-order chi connectivity index (χ1) is 15.6. The highest BCUT2D eigenvalue weighted by molar-refractivity contribution is 5.41. The molecule has 2 unspecified atom stereocenters. The lowest BCUT2D eigenvalue weighted by Crippen LogP contribution is -2.42. The molecule has 0 spiro atoms. The van der Waals surface area contributed by atoms with Gasteiger partial charge < -0.3 is 10.6 Å². The van der Waals surface area contributed by atoms with Gasteiger partial charge in [0.2, 0.25) is 0 Å². The second-order valence-corrected chi connectivity index (χ2v) is 11.7. The molecule has 0 bridgehead atoms. The Labute approximate surface area is 201 Å². The van der Waals surface area contributed by atoms with Gasteiger partial charge in [-0.3, -0.25) is 9.89 Å². The maximum atomic E-state index is 4.59. The molecular formula is C28H45N5. The standard InChI is InChI=1S/C28H45N5/c1-27(2,3)22-11-14-31-26(18-22)32-24-9-8-15-33(20-24)16-12-23(28(4,5)6)17-25(29-7)21-10-13-30-19-21/h11-12,14,17-18,21,24,30H,7-10,13,15-16,19-20H2,1-6H3,(H,31,32)/b23-12+,25-17-. The van der Waals surface area contributed by atoms with Crippen LogP contribution in [0.25, 0.3) is 0 Å². The quantitative estimate of drug-likeness (QED) is 0.429. The van der Waals surface area contributed by atoms with Crippen LogP contribution in [-0.2, 0) is 5.41 Å². The van der Waals surface area contributed by atoms with Crippen LogP contribution < -0.4 is 10.6 Å². The van der Waals surface area contributed by atoms with Crippen LogP contribution >= 0.6 is 0 Å². The van der Waals surface area contributed by atoms with E-state index in [2.05, 4.69) is 98.1 Å². The zero-order chi connectivity index (χ0) is 24.1. The van der Waals surface area contributed by atoms with Gasteiger partial charge in [-0.05, 0) is 79.2 Å². The molecule has 2 fully saturated rings. The van der Waals surface area contributed by atoms with Crippen LogP contribution in [0.4, 0.5) is 5.82 Å². The van der Waals surface area contributed by atoms with Gasteiger partial charge in [-0.2, -0.15) is 0 Å². The average molecular weight is 452 g/mol. The molecule has 1 aromatic rings. The van der Waals surface area contributed by atoms with Crippen molar-refractivity contribution in [2.45, 2.75) is 72.3 Å². The number of nitrogens with zero attached hydrogens (tertiary/aromatic N) is 3. The summed E-state index contributed by atoms with van der Waals surface area (Å²) in [6.07, 6.45) is 10.2. The van der Waals surface area contributed by atoms with Crippen molar-refractivity contribution < 1.29 is 0 Å². The van der Waals surface area contributed by atoms with E-state index in [9.17, 15) is 0 Å². The lowest BCUT2D eigenvalue weighted by Gasteiger charge is -2.33. The van der Waals surface area contributed by atoms with Crippen LogP contribution in [0.15, 0.2) is 46.7 Å². The third-order valence-corrected chi connectivity index (χ3v) is 6.88. The Kier molecular flexibility index (Phi) is 8.52. The fraction of sp³-hybridized carbons (Fsp3) is 0.643. The van der Waals surface area contributed by atoms with E-state index in [-0.39, 0.29) is 10.8 Å². The van der Waals surface area contributed by atoms with E-state index in [4.69, 9.17) is 0 Å². The van der Waals surface area contributed by atoms with Gasteiger partial charge in [0.15, 0.2) is 0 Å². The summed E-state index contributed by atoms with van der Waals surface area (Å²) in [4.78, 5) is 11.6. The van der Waals surface area contributed by atoms with Crippen molar-refractivity contribution >= 4 is 12.5 Å². The molecule has 0 amide bonds. The van der Waals surface area contributed by atoms with Crippen LogP contribution in [0.2, 0.25) is 0 Å². The van der Waals surface area contributed by atoms with Crippen molar-refractivity contribution in [2.75, 3.05) is 38.0 Å². The van der Waals surface area contributed by atoms with Gasteiger partial charge in [0.05, 0.1) is 0 Å². The number of hydrogen-bond acceptors (Lipinski definition) is 5. The summed E-state index contributed by atoms with van der Waals surface area (Å²) in [5.41, 5.74) is 4.01. The predicted octanol–water partition coefficient (Wildman–Crippen LogP) is 5.42. The zero-order valence-corrected chi connectivity index (χ0v) is 21.7. The number of likely N-dealkylation sites (tertiary alicyclic amines) is 1. The molecule has 2 atom stereocenters. The van der Waals surface area contributed by atoms with Gasteiger partial charge in [-0.25, -0.2) is 4.98 Å². The number of piperidine rings is 1. The highest BCUT2D eigenvalue weighted by atomic mass is 15.2. The van der Waals surface area contributed by atoms with Crippen molar-refractivity contribution in [1.29, 1.82) is 0 Å².